The number of rotatable bonds is 4. The highest BCUT2D eigenvalue weighted by Gasteiger charge is 2.06. The molecule has 0 bridgehead atoms. The SMILES string of the molecule is COc1ccc2[nH]cc(CNC(=O)CCl)c2c1. The number of alkyl halides is 1. The van der Waals surface area contributed by atoms with Gasteiger partial charge in [-0.15, -0.1) is 11.6 Å². The molecule has 2 N–H and O–H groups in total. The Morgan fingerprint density at radius 3 is 3.06 bits per heavy atom. The third-order valence-corrected chi connectivity index (χ3v) is 2.81. The fourth-order valence-corrected chi connectivity index (χ4v) is 1.77. The van der Waals surface area contributed by atoms with Gasteiger partial charge < -0.3 is 15.0 Å². The number of carbonyl (C=O) groups excluding carboxylic acids is 1. The lowest BCUT2D eigenvalue weighted by atomic mass is 10.1. The van der Waals surface area contributed by atoms with Gasteiger partial charge in [0.05, 0.1) is 7.11 Å². The van der Waals surface area contributed by atoms with Gasteiger partial charge in [0.25, 0.3) is 0 Å². The maximum atomic E-state index is 11.1. The van der Waals surface area contributed by atoms with Crippen LogP contribution in [0.4, 0.5) is 0 Å². The molecule has 0 aliphatic carbocycles. The number of H-pyrrole nitrogens is 1. The van der Waals surface area contributed by atoms with Gasteiger partial charge in [-0.3, -0.25) is 4.79 Å². The van der Waals surface area contributed by atoms with Crippen molar-refractivity contribution < 1.29 is 9.53 Å². The Kier molecular flexibility index (Phi) is 3.54. The highest BCUT2D eigenvalue weighted by molar-refractivity contribution is 6.27. The number of aromatic nitrogens is 1. The van der Waals surface area contributed by atoms with Crippen molar-refractivity contribution >= 4 is 28.4 Å². The van der Waals surface area contributed by atoms with Gasteiger partial charge in [-0.25, -0.2) is 0 Å². The van der Waals surface area contributed by atoms with Crippen molar-refractivity contribution in [2.75, 3.05) is 13.0 Å². The number of hydrogen-bond acceptors (Lipinski definition) is 2. The first-order chi connectivity index (χ1) is 8.24. The molecule has 1 aromatic heterocycles. The molecule has 2 aromatic rings. The summed E-state index contributed by atoms with van der Waals surface area (Å²) in [5.41, 5.74) is 2.03. The smallest absolute Gasteiger partial charge is 0.235 e. The van der Waals surface area contributed by atoms with Crippen LogP contribution in [-0.2, 0) is 11.3 Å². The number of methoxy groups -OCH3 is 1. The van der Waals surface area contributed by atoms with Crippen molar-refractivity contribution in [3.05, 3.63) is 30.0 Å². The second-order valence-electron chi connectivity index (χ2n) is 3.64. The van der Waals surface area contributed by atoms with Crippen molar-refractivity contribution in [3.63, 3.8) is 0 Å². The topological polar surface area (TPSA) is 54.1 Å². The number of hydrogen-bond donors (Lipinski definition) is 2. The third kappa shape index (κ3) is 2.53. The van der Waals surface area contributed by atoms with E-state index >= 15 is 0 Å². The first-order valence-corrected chi connectivity index (χ1v) is 5.74. The summed E-state index contributed by atoms with van der Waals surface area (Å²) in [6, 6.07) is 5.77. The van der Waals surface area contributed by atoms with E-state index in [4.69, 9.17) is 16.3 Å². The van der Waals surface area contributed by atoms with Gasteiger partial charge in [-0.1, -0.05) is 0 Å². The van der Waals surface area contributed by atoms with E-state index < -0.39 is 0 Å². The molecule has 2 rings (SSSR count). The number of amides is 1. The second-order valence-corrected chi connectivity index (χ2v) is 3.90. The monoisotopic (exact) mass is 252 g/mol. The summed E-state index contributed by atoms with van der Waals surface area (Å²) in [5, 5.41) is 3.77. The Morgan fingerprint density at radius 2 is 2.35 bits per heavy atom. The quantitative estimate of drug-likeness (QED) is 0.818. The van der Waals surface area contributed by atoms with Crippen LogP contribution >= 0.6 is 11.6 Å². The van der Waals surface area contributed by atoms with Crippen molar-refractivity contribution in [3.8, 4) is 5.75 Å². The minimum atomic E-state index is -0.177. The molecule has 0 saturated heterocycles. The summed E-state index contributed by atoms with van der Waals surface area (Å²) in [7, 11) is 1.63. The predicted octanol–water partition coefficient (Wildman–Crippen LogP) is 2.03. The summed E-state index contributed by atoms with van der Waals surface area (Å²) < 4.78 is 5.17. The molecule has 0 radical (unpaired) electrons. The van der Waals surface area contributed by atoms with Gasteiger partial charge in [-0.2, -0.15) is 0 Å². The fourth-order valence-electron chi connectivity index (χ4n) is 1.67. The van der Waals surface area contributed by atoms with Crippen LogP contribution in [0.3, 0.4) is 0 Å². The highest BCUT2D eigenvalue weighted by Crippen LogP contribution is 2.23. The number of aromatic amines is 1. The maximum absolute atomic E-state index is 11.1. The summed E-state index contributed by atoms with van der Waals surface area (Å²) in [5.74, 6) is 0.594. The molecule has 17 heavy (non-hydrogen) atoms. The van der Waals surface area contributed by atoms with Crippen LogP contribution in [-0.4, -0.2) is 23.9 Å². The Bertz CT molecular complexity index is 536. The van der Waals surface area contributed by atoms with Crippen LogP contribution in [0, 0.1) is 0 Å². The molecule has 1 aromatic carbocycles. The lowest BCUT2D eigenvalue weighted by molar-refractivity contribution is -0.118. The van der Waals surface area contributed by atoms with Gasteiger partial charge in [0.1, 0.15) is 11.6 Å². The standard InChI is InChI=1S/C12H13ClN2O2/c1-17-9-2-3-11-10(4-9)8(6-14-11)7-15-12(16)5-13/h2-4,6,14H,5,7H2,1H3,(H,15,16). The largest absolute Gasteiger partial charge is 0.497 e. The number of carbonyl (C=O) groups is 1. The van der Waals surface area contributed by atoms with Crippen molar-refractivity contribution in [2.45, 2.75) is 6.54 Å². The molecule has 0 atom stereocenters. The first kappa shape index (κ1) is 11.8. The van der Waals surface area contributed by atoms with Gasteiger partial charge in [-0.05, 0) is 23.8 Å². The Hall–Kier alpha value is -1.68. The average molecular weight is 253 g/mol. The van der Waals surface area contributed by atoms with E-state index in [0.717, 1.165) is 22.2 Å². The number of halogens is 1. The van der Waals surface area contributed by atoms with E-state index in [1.165, 1.54) is 0 Å². The Morgan fingerprint density at radius 1 is 1.53 bits per heavy atom. The van der Waals surface area contributed by atoms with E-state index in [1.807, 2.05) is 24.4 Å². The number of benzene rings is 1. The molecular weight excluding hydrogens is 240 g/mol. The molecule has 0 unspecified atom stereocenters. The molecule has 0 spiro atoms. The van der Waals surface area contributed by atoms with Crippen LogP contribution < -0.4 is 10.1 Å². The maximum Gasteiger partial charge on any atom is 0.235 e. The number of nitrogens with one attached hydrogen (secondary N) is 2. The van der Waals surface area contributed by atoms with E-state index in [-0.39, 0.29) is 11.8 Å². The lowest BCUT2D eigenvalue weighted by Crippen LogP contribution is -2.23. The van der Waals surface area contributed by atoms with E-state index in [2.05, 4.69) is 10.3 Å². The van der Waals surface area contributed by atoms with E-state index in [1.54, 1.807) is 7.11 Å². The summed E-state index contributed by atoms with van der Waals surface area (Å²) >= 11 is 5.42. The second kappa shape index (κ2) is 5.10. The predicted molar refractivity (Wildman–Crippen MR) is 67.4 cm³/mol. The van der Waals surface area contributed by atoms with Gasteiger partial charge in [0.2, 0.25) is 5.91 Å². The molecule has 90 valence electrons. The average Bonchev–Trinajstić information content (AvgIpc) is 2.78. The van der Waals surface area contributed by atoms with Gasteiger partial charge >= 0.3 is 0 Å². The molecule has 1 heterocycles. The summed E-state index contributed by atoms with van der Waals surface area (Å²) in [6.45, 7) is 0.457. The van der Waals surface area contributed by atoms with Crippen LogP contribution in [0.25, 0.3) is 10.9 Å². The molecule has 0 aliphatic heterocycles. The molecule has 0 saturated carbocycles. The minimum Gasteiger partial charge on any atom is -0.497 e. The van der Waals surface area contributed by atoms with Gasteiger partial charge in [0.15, 0.2) is 0 Å². The lowest BCUT2D eigenvalue weighted by Gasteiger charge is -2.03. The van der Waals surface area contributed by atoms with Crippen molar-refractivity contribution in [1.82, 2.24) is 10.3 Å². The van der Waals surface area contributed by atoms with Crippen molar-refractivity contribution in [1.29, 1.82) is 0 Å². The van der Waals surface area contributed by atoms with E-state index in [9.17, 15) is 4.79 Å². The molecule has 4 nitrogen and oxygen atoms in total. The first-order valence-electron chi connectivity index (χ1n) is 5.21. The molecule has 0 fully saturated rings. The van der Waals surface area contributed by atoms with Crippen molar-refractivity contribution in [2.24, 2.45) is 0 Å². The number of fused-ring (bicyclic) bond motifs is 1. The highest BCUT2D eigenvalue weighted by atomic mass is 35.5. The van der Waals surface area contributed by atoms with Crippen LogP contribution in [0.1, 0.15) is 5.56 Å². The minimum absolute atomic E-state index is 0.0221. The third-order valence-electron chi connectivity index (χ3n) is 2.57. The zero-order valence-electron chi connectivity index (χ0n) is 9.42. The molecule has 1 amide bonds. The van der Waals surface area contributed by atoms with Crippen LogP contribution in [0.5, 0.6) is 5.75 Å². The number of ether oxygens (including phenoxy) is 1. The van der Waals surface area contributed by atoms with Crippen LogP contribution in [0.2, 0.25) is 0 Å². The fraction of sp³-hybridized carbons (Fsp3) is 0.250. The summed E-state index contributed by atoms with van der Waals surface area (Å²) in [6.07, 6.45) is 1.87. The van der Waals surface area contributed by atoms with E-state index in [0.29, 0.717) is 6.54 Å². The summed E-state index contributed by atoms with van der Waals surface area (Å²) in [4.78, 5) is 14.2. The van der Waals surface area contributed by atoms with Crippen LogP contribution in [0.15, 0.2) is 24.4 Å². The normalized spacial score (nSPS) is 10.5. The molecule has 0 aliphatic rings. The zero-order chi connectivity index (χ0) is 12.3. The molecular formula is C12H13ClN2O2. The molecule has 5 heteroatoms. The Balaban J connectivity index is 2.25. The van der Waals surface area contributed by atoms with Gasteiger partial charge in [0, 0.05) is 23.6 Å². The zero-order valence-corrected chi connectivity index (χ0v) is 10.2. The Labute approximate surface area is 104 Å².